The van der Waals surface area contributed by atoms with Crippen LogP contribution in [0.1, 0.15) is 133 Å². The number of allylic oxidation sites excluding steroid dienone is 1. The van der Waals surface area contributed by atoms with Crippen LogP contribution in [0.25, 0.3) is 16.7 Å². The molecule has 354 valence electrons. The molecule has 7 aliphatic rings. The molecule has 8 heterocycles. The van der Waals surface area contributed by atoms with Crippen molar-refractivity contribution in [3.05, 3.63) is 80.9 Å². The highest BCUT2D eigenvalue weighted by Gasteiger charge is 2.45. The molecule has 2 fully saturated rings. The number of hydrogen-bond donors (Lipinski definition) is 0. The lowest BCUT2D eigenvalue weighted by Gasteiger charge is -2.47. The molecular weight excluding hydrogens is 873 g/mol. The highest BCUT2D eigenvalue weighted by atomic mass is 32.2. The Morgan fingerprint density at radius 3 is 2.33 bits per heavy atom. The zero-order chi connectivity index (χ0) is 47.3. The first-order valence-electron chi connectivity index (χ1n) is 24.2. The third-order valence-electron chi connectivity index (χ3n) is 15.1. The predicted molar refractivity (Wildman–Crippen MR) is 249 cm³/mol. The highest BCUT2D eigenvalue weighted by Crippen LogP contribution is 2.52. The van der Waals surface area contributed by atoms with E-state index in [0.717, 1.165) is 96.5 Å². The molecule has 3 amide bonds. The normalized spacial score (nSPS) is 20.4. The summed E-state index contributed by atoms with van der Waals surface area (Å²) in [4.78, 5) is 61.2. The number of hydrogen-bond acceptors (Lipinski definition) is 10. The molecule has 1 aromatic heterocycles. The zero-order valence-electron chi connectivity index (χ0n) is 39.5. The van der Waals surface area contributed by atoms with E-state index in [2.05, 4.69) is 67.7 Å². The maximum absolute atomic E-state index is 14.5. The number of likely N-dealkylation sites (tertiary alicyclic amines) is 1. The molecular formula is C51H61N6O9S+. The summed E-state index contributed by atoms with van der Waals surface area (Å²) in [6, 6.07) is 4.33. The molecule has 0 atom stereocenters. The van der Waals surface area contributed by atoms with Gasteiger partial charge in [-0.1, -0.05) is 26.3 Å². The Morgan fingerprint density at radius 2 is 1.63 bits per heavy atom. The van der Waals surface area contributed by atoms with Crippen molar-refractivity contribution in [3.63, 3.8) is 0 Å². The summed E-state index contributed by atoms with van der Waals surface area (Å²) in [5, 5.41) is 2.71. The van der Waals surface area contributed by atoms with E-state index in [9.17, 15) is 32.1 Å². The van der Waals surface area contributed by atoms with E-state index in [1.165, 1.54) is 22.1 Å². The number of carbonyl (C=O) groups is 4. The SMILES string of the molecule is CCCCn1cc[n+](CC(=O)N2CCC(C(=O)ON3C(=O)CCC3=O)CC2)c1C1=c2cc3c4c(c2Oc2c1cc1c5c2CCCN5C(C)(C)C=C1CS(=O)(=O)[O-])CCC[N+]=4C(C)(C)C=C3CC. The Kier molecular flexibility index (Phi) is 11.2. The molecule has 0 radical (unpaired) electrons. The van der Waals surface area contributed by atoms with Crippen molar-refractivity contribution in [1.29, 1.82) is 0 Å². The van der Waals surface area contributed by atoms with E-state index >= 15 is 0 Å². The summed E-state index contributed by atoms with van der Waals surface area (Å²) in [6.07, 6.45) is 15.0. The maximum atomic E-state index is 14.5. The minimum absolute atomic E-state index is 0.00853. The second kappa shape index (κ2) is 16.6. The lowest BCUT2D eigenvalue weighted by atomic mass is 9.79. The van der Waals surface area contributed by atoms with Crippen molar-refractivity contribution in [2.24, 2.45) is 5.92 Å². The molecule has 2 aromatic carbocycles. The Morgan fingerprint density at radius 1 is 0.896 bits per heavy atom. The van der Waals surface area contributed by atoms with Crippen LogP contribution in [0.15, 0.2) is 36.7 Å². The van der Waals surface area contributed by atoms with Gasteiger partial charge in [0.15, 0.2) is 12.1 Å². The summed E-state index contributed by atoms with van der Waals surface area (Å²) < 4.78 is 52.1. The van der Waals surface area contributed by atoms with Gasteiger partial charge in [-0.15, -0.1) is 5.06 Å². The molecule has 0 saturated carbocycles. The number of fused-ring (bicyclic) bond motifs is 4. The Balaban J connectivity index is 1.15. The number of carbonyl (C=O) groups excluding carboxylic acids is 4. The predicted octanol–water partition coefficient (Wildman–Crippen LogP) is 4.27. The molecule has 10 rings (SSSR count). The number of piperidine rings is 1. The number of hydroxylamine groups is 2. The Bertz CT molecular complexity index is 2970. The number of ether oxygens (including phenoxy) is 1. The number of imide groups is 1. The third kappa shape index (κ3) is 7.71. The summed E-state index contributed by atoms with van der Waals surface area (Å²) in [6.45, 7) is 16.0. The van der Waals surface area contributed by atoms with E-state index in [1.807, 2.05) is 29.1 Å². The first kappa shape index (κ1) is 45.2. The largest absolute Gasteiger partial charge is 0.748 e. The summed E-state index contributed by atoms with van der Waals surface area (Å²) in [7, 11) is -4.66. The molecule has 15 nitrogen and oxygen atoms in total. The van der Waals surface area contributed by atoms with Crippen LogP contribution in [-0.4, -0.2) is 94.2 Å². The van der Waals surface area contributed by atoms with Gasteiger partial charge in [-0.25, -0.2) is 26.9 Å². The van der Waals surface area contributed by atoms with Gasteiger partial charge >= 0.3 is 5.97 Å². The number of benzene rings is 2. The van der Waals surface area contributed by atoms with Crippen LogP contribution >= 0.6 is 0 Å². The number of imidazole rings is 1. The van der Waals surface area contributed by atoms with Gasteiger partial charge in [-0.05, 0) is 88.1 Å². The average Bonchev–Trinajstić information content (AvgIpc) is 3.83. The number of amides is 3. The van der Waals surface area contributed by atoms with Gasteiger partial charge in [-0.3, -0.25) is 14.4 Å². The molecule has 3 aromatic rings. The first-order chi connectivity index (χ1) is 31.9. The van der Waals surface area contributed by atoms with Crippen molar-refractivity contribution >= 4 is 56.2 Å². The van der Waals surface area contributed by atoms with Crippen molar-refractivity contribution in [2.45, 2.75) is 136 Å². The molecule has 0 N–H and O–H groups in total. The van der Waals surface area contributed by atoms with E-state index in [4.69, 9.17) is 9.57 Å². The van der Waals surface area contributed by atoms with Crippen LogP contribution in [-0.2, 0) is 60.1 Å². The van der Waals surface area contributed by atoms with Gasteiger partial charge < -0.3 is 23.9 Å². The van der Waals surface area contributed by atoms with Gasteiger partial charge in [0.1, 0.15) is 30.4 Å². The summed E-state index contributed by atoms with van der Waals surface area (Å²) in [5.41, 5.74) is 7.60. The minimum atomic E-state index is -4.66. The molecule has 0 spiro atoms. The van der Waals surface area contributed by atoms with Gasteiger partial charge in [0.05, 0.1) is 56.3 Å². The molecule has 0 unspecified atom stereocenters. The van der Waals surface area contributed by atoms with E-state index < -0.39 is 45.1 Å². The highest BCUT2D eigenvalue weighted by molar-refractivity contribution is 7.86. The van der Waals surface area contributed by atoms with Gasteiger partial charge in [0, 0.05) is 74.7 Å². The standard InChI is InChI=1S/C51H61N6O9S/c1-7-9-18-53-23-24-54(29-42(60)52-21-16-32(17-22-52)49(61)66-57-40(58)14-15-41(57)59)48(53)43-38-25-36-31(8-2)27-50(3,4)55-19-10-12-34(44(36)55)46(38)65-47-35-13-11-20-56-45(35)37(26-39(43)47)33(28-51(56,5)6)30-67(62,63)64/h23-28,32H,7-22,29-30H2,1-6H3/q+1. The maximum Gasteiger partial charge on any atom is 0.336 e. The monoisotopic (exact) mass is 933 g/mol. The van der Waals surface area contributed by atoms with Crippen LogP contribution < -0.4 is 29.4 Å². The van der Waals surface area contributed by atoms with Crippen molar-refractivity contribution in [1.82, 2.24) is 19.1 Å². The quantitative estimate of drug-likeness (QED) is 0.121. The van der Waals surface area contributed by atoms with Crippen molar-refractivity contribution < 1.29 is 46.3 Å². The topological polar surface area (TPSA) is 165 Å². The van der Waals surface area contributed by atoms with Crippen LogP contribution in [0.2, 0.25) is 0 Å². The average molecular weight is 934 g/mol. The molecule has 67 heavy (non-hydrogen) atoms. The molecule has 16 heteroatoms. The number of rotatable bonds is 11. The second-order valence-corrected chi connectivity index (χ2v) is 21.8. The van der Waals surface area contributed by atoms with Gasteiger partial charge in [0.25, 0.3) is 23.5 Å². The van der Waals surface area contributed by atoms with E-state index in [0.29, 0.717) is 55.1 Å². The van der Waals surface area contributed by atoms with Crippen LogP contribution in [0, 0.1) is 5.92 Å². The van der Waals surface area contributed by atoms with Crippen LogP contribution in [0.4, 0.5) is 5.69 Å². The first-order valence-corrected chi connectivity index (χ1v) is 25.8. The zero-order valence-corrected chi connectivity index (χ0v) is 40.4. The van der Waals surface area contributed by atoms with Crippen LogP contribution in [0.5, 0.6) is 11.5 Å². The van der Waals surface area contributed by atoms with E-state index in [1.54, 1.807) is 4.90 Å². The molecule has 0 aliphatic carbocycles. The number of aryl methyl sites for hydroxylation is 1. The van der Waals surface area contributed by atoms with Gasteiger partial charge in [0.2, 0.25) is 5.36 Å². The van der Waals surface area contributed by atoms with Gasteiger partial charge in [-0.2, -0.15) is 0 Å². The fourth-order valence-electron chi connectivity index (χ4n) is 11.9. The second-order valence-electron chi connectivity index (χ2n) is 20.4. The fraction of sp³-hybridized carbons (Fsp3) is 0.529. The third-order valence-corrected chi connectivity index (χ3v) is 15.7. The Labute approximate surface area is 391 Å². The number of aromatic nitrogens is 2. The molecule has 0 bridgehead atoms. The smallest absolute Gasteiger partial charge is 0.336 e. The number of anilines is 1. The number of unbranched alkanes of at least 4 members (excludes halogenated alkanes) is 1. The molecule has 7 aliphatic heterocycles. The van der Waals surface area contributed by atoms with Crippen molar-refractivity contribution in [3.8, 4) is 11.5 Å². The van der Waals surface area contributed by atoms with Crippen molar-refractivity contribution in [2.75, 3.05) is 36.8 Å². The fourth-order valence-corrected chi connectivity index (χ4v) is 12.5. The number of nitrogens with zero attached hydrogens (tertiary/aromatic N) is 6. The summed E-state index contributed by atoms with van der Waals surface area (Å²) >= 11 is 0. The molecule has 2 saturated heterocycles. The lowest BCUT2D eigenvalue weighted by Crippen LogP contribution is -2.53. The van der Waals surface area contributed by atoms with Crippen LogP contribution in [0.3, 0.4) is 0 Å². The minimum Gasteiger partial charge on any atom is -0.748 e. The summed E-state index contributed by atoms with van der Waals surface area (Å²) in [5.74, 6) is -0.645. The lowest BCUT2D eigenvalue weighted by molar-refractivity contribution is -0.686. The van der Waals surface area contributed by atoms with E-state index in [-0.39, 0.29) is 30.8 Å². The Hall–Kier alpha value is -5.61.